The molecule has 0 bridgehead atoms. The molecule has 0 saturated carbocycles. The molecule has 1 rings (SSSR count). The number of nitrogens with one attached hydrogen (secondary N) is 1. The fraction of sp³-hybridized carbons (Fsp3) is 0.125. The van der Waals surface area contributed by atoms with Crippen molar-refractivity contribution in [3.63, 3.8) is 0 Å². The van der Waals surface area contributed by atoms with Crippen LogP contribution in [0.5, 0.6) is 0 Å². The van der Waals surface area contributed by atoms with Crippen LogP contribution in [0.4, 0.5) is 24.5 Å². The minimum Gasteiger partial charge on any atom is -0.312 e. The van der Waals surface area contributed by atoms with Crippen LogP contribution in [0.3, 0.4) is 0 Å². The molecule has 5 nitrogen and oxygen atoms in total. The monoisotopic (exact) mass is 302 g/mol. The minimum absolute atomic E-state index is 0.214. The molecule has 0 atom stereocenters. The van der Waals surface area contributed by atoms with Gasteiger partial charge in [-0.05, 0) is 6.07 Å². The lowest BCUT2D eigenvalue weighted by Crippen LogP contribution is -2.30. The molecule has 1 N–H and O–H groups in total. The normalized spacial score (nSPS) is 11.2. The number of rotatable bonds is 2. The van der Waals surface area contributed by atoms with E-state index in [-0.39, 0.29) is 10.0 Å². The SMILES string of the molecule is O=C(Nc1cc(Cl)c(Cl)cc1[N+](=O)[O-])C(F)(F)F. The predicted octanol–water partition coefficient (Wildman–Crippen LogP) is 3.40. The fourth-order valence-corrected chi connectivity index (χ4v) is 1.30. The summed E-state index contributed by atoms with van der Waals surface area (Å²) in [5, 5.41) is 11.5. The summed E-state index contributed by atoms with van der Waals surface area (Å²) in [6.45, 7) is 0. The van der Waals surface area contributed by atoms with Crippen molar-refractivity contribution >= 4 is 40.5 Å². The van der Waals surface area contributed by atoms with Crippen LogP contribution in [0.2, 0.25) is 10.0 Å². The number of alkyl halides is 3. The molecular formula is C8H3Cl2F3N2O3. The van der Waals surface area contributed by atoms with Crippen molar-refractivity contribution in [2.24, 2.45) is 0 Å². The Kier molecular flexibility index (Phi) is 4.02. The van der Waals surface area contributed by atoms with Gasteiger partial charge in [0.1, 0.15) is 5.69 Å². The Balaban J connectivity index is 3.20. The van der Waals surface area contributed by atoms with Gasteiger partial charge in [0.05, 0.1) is 15.0 Å². The lowest BCUT2D eigenvalue weighted by Gasteiger charge is -2.09. The molecule has 0 aliphatic carbocycles. The molecule has 0 unspecified atom stereocenters. The van der Waals surface area contributed by atoms with Gasteiger partial charge in [-0.3, -0.25) is 14.9 Å². The second kappa shape index (κ2) is 4.99. The molecule has 0 aliphatic rings. The maximum atomic E-state index is 12.0. The predicted molar refractivity (Wildman–Crippen MR) is 57.8 cm³/mol. The maximum Gasteiger partial charge on any atom is 0.471 e. The Labute approximate surface area is 108 Å². The van der Waals surface area contributed by atoms with Crippen LogP contribution < -0.4 is 5.32 Å². The number of nitro benzene ring substituents is 1. The molecule has 1 amide bonds. The number of halogens is 5. The highest BCUT2D eigenvalue weighted by Crippen LogP contribution is 2.34. The largest absolute Gasteiger partial charge is 0.471 e. The van der Waals surface area contributed by atoms with Crippen molar-refractivity contribution in [2.75, 3.05) is 5.32 Å². The molecule has 18 heavy (non-hydrogen) atoms. The number of nitrogens with zero attached hydrogens (tertiary/aromatic N) is 1. The number of nitro groups is 1. The first-order valence-corrected chi connectivity index (χ1v) is 4.90. The standard InChI is InChI=1S/C8H3Cl2F3N2O3/c9-3-1-5(14-7(16)8(11,12)13)6(15(17)18)2-4(3)10/h1-2H,(H,14,16). The Morgan fingerprint density at radius 3 is 2.22 bits per heavy atom. The summed E-state index contributed by atoms with van der Waals surface area (Å²) in [7, 11) is 0. The maximum absolute atomic E-state index is 12.0. The number of carbonyl (C=O) groups is 1. The van der Waals surface area contributed by atoms with E-state index in [1.165, 1.54) is 5.32 Å². The van der Waals surface area contributed by atoms with Gasteiger partial charge in [0.15, 0.2) is 0 Å². The first kappa shape index (κ1) is 14.5. The topological polar surface area (TPSA) is 72.2 Å². The lowest BCUT2D eigenvalue weighted by molar-refractivity contribution is -0.383. The number of hydrogen-bond donors (Lipinski definition) is 1. The Morgan fingerprint density at radius 2 is 1.78 bits per heavy atom. The van der Waals surface area contributed by atoms with E-state index in [1.54, 1.807) is 0 Å². The van der Waals surface area contributed by atoms with Crippen molar-refractivity contribution < 1.29 is 22.9 Å². The molecule has 10 heteroatoms. The average Bonchev–Trinajstić information content (AvgIpc) is 2.21. The third-order valence-corrected chi connectivity index (χ3v) is 2.46. The molecule has 0 aromatic heterocycles. The highest BCUT2D eigenvalue weighted by molar-refractivity contribution is 6.42. The van der Waals surface area contributed by atoms with Gasteiger partial charge < -0.3 is 5.32 Å². The number of amides is 1. The highest BCUT2D eigenvalue weighted by Gasteiger charge is 2.39. The summed E-state index contributed by atoms with van der Waals surface area (Å²) in [5.74, 6) is -2.34. The zero-order valence-corrected chi connectivity index (χ0v) is 9.73. The van der Waals surface area contributed by atoms with Gasteiger partial charge in [0.2, 0.25) is 0 Å². The van der Waals surface area contributed by atoms with E-state index in [2.05, 4.69) is 0 Å². The van der Waals surface area contributed by atoms with Crippen LogP contribution >= 0.6 is 23.2 Å². The van der Waals surface area contributed by atoms with Gasteiger partial charge in [-0.1, -0.05) is 23.2 Å². The highest BCUT2D eigenvalue weighted by atomic mass is 35.5. The zero-order chi connectivity index (χ0) is 14.1. The van der Waals surface area contributed by atoms with Crippen LogP contribution in [-0.4, -0.2) is 17.0 Å². The number of anilines is 1. The van der Waals surface area contributed by atoms with E-state index in [9.17, 15) is 28.1 Å². The smallest absolute Gasteiger partial charge is 0.312 e. The molecule has 0 radical (unpaired) electrons. The van der Waals surface area contributed by atoms with Crippen LogP contribution in [0, 0.1) is 10.1 Å². The molecule has 1 aromatic rings. The fourth-order valence-electron chi connectivity index (χ4n) is 0.981. The van der Waals surface area contributed by atoms with Crippen molar-refractivity contribution in [1.29, 1.82) is 0 Å². The van der Waals surface area contributed by atoms with Crippen molar-refractivity contribution in [2.45, 2.75) is 6.18 Å². The molecule has 1 aromatic carbocycles. The quantitative estimate of drug-likeness (QED) is 0.672. The van der Waals surface area contributed by atoms with Crippen molar-refractivity contribution in [3.05, 3.63) is 32.3 Å². The third-order valence-electron chi connectivity index (χ3n) is 1.74. The number of carbonyl (C=O) groups excluding carboxylic acids is 1. The summed E-state index contributed by atoms with van der Waals surface area (Å²) < 4.78 is 36.0. The Bertz CT molecular complexity index is 519. The zero-order valence-electron chi connectivity index (χ0n) is 8.22. The van der Waals surface area contributed by atoms with Gasteiger partial charge in [-0.25, -0.2) is 0 Å². The molecule has 0 fully saturated rings. The first-order chi connectivity index (χ1) is 8.12. The van der Waals surface area contributed by atoms with E-state index >= 15 is 0 Å². The minimum atomic E-state index is -5.17. The third kappa shape index (κ3) is 3.23. The van der Waals surface area contributed by atoms with Crippen LogP contribution in [0.15, 0.2) is 12.1 Å². The second-order valence-electron chi connectivity index (χ2n) is 2.99. The van der Waals surface area contributed by atoms with E-state index in [1.807, 2.05) is 0 Å². The van der Waals surface area contributed by atoms with E-state index in [0.717, 1.165) is 12.1 Å². The van der Waals surface area contributed by atoms with Gasteiger partial charge in [0.25, 0.3) is 5.69 Å². The van der Waals surface area contributed by atoms with Crippen LogP contribution in [-0.2, 0) is 4.79 Å². The Hall–Kier alpha value is -1.54. The van der Waals surface area contributed by atoms with Crippen molar-refractivity contribution in [1.82, 2.24) is 0 Å². The first-order valence-electron chi connectivity index (χ1n) is 4.14. The average molecular weight is 303 g/mol. The molecular weight excluding hydrogens is 300 g/mol. The second-order valence-corrected chi connectivity index (χ2v) is 3.81. The van der Waals surface area contributed by atoms with Gasteiger partial charge in [-0.2, -0.15) is 13.2 Å². The van der Waals surface area contributed by atoms with Gasteiger partial charge in [0, 0.05) is 6.07 Å². The molecule has 0 heterocycles. The molecule has 98 valence electrons. The summed E-state index contributed by atoms with van der Waals surface area (Å²) in [5.41, 5.74) is -1.47. The summed E-state index contributed by atoms with van der Waals surface area (Å²) in [6, 6.07) is 1.52. The molecule has 0 aliphatic heterocycles. The lowest BCUT2D eigenvalue weighted by atomic mass is 10.2. The van der Waals surface area contributed by atoms with E-state index in [4.69, 9.17) is 23.2 Å². The summed E-state index contributed by atoms with van der Waals surface area (Å²) in [6.07, 6.45) is -5.17. The van der Waals surface area contributed by atoms with Gasteiger partial charge >= 0.3 is 12.1 Å². The number of hydrogen-bond acceptors (Lipinski definition) is 3. The Morgan fingerprint density at radius 1 is 1.28 bits per heavy atom. The van der Waals surface area contributed by atoms with Crippen molar-refractivity contribution in [3.8, 4) is 0 Å². The van der Waals surface area contributed by atoms with E-state index in [0.29, 0.717) is 0 Å². The number of benzene rings is 1. The summed E-state index contributed by atoms with van der Waals surface area (Å²) >= 11 is 11.0. The molecule has 0 spiro atoms. The van der Waals surface area contributed by atoms with Crippen LogP contribution in [0.25, 0.3) is 0 Å². The summed E-state index contributed by atoms with van der Waals surface area (Å²) in [4.78, 5) is 20.3. The molecule has 0 saturated heterocycles. The van der Waals surface area contributed by atoms with Crippen LogP contribution in [0.1, 0.15) is 0 Å². The van der Waals surface area contributed by atoms with E-state index < -0.39 is 28.4 Å². The van der Waals surface area contributed by atoms with Gasteiger partial charge in [-0.15, -0.1) is 0 Å².